The second-order valence-electron chi connectivity index (χ2n) is 4.75. The van der Waals surface area contributed by atoms with Crippen LogP contribution in [-0.2, 0) is 12.8 Å². The van der Waals surface area contributed by atoms with Gasteiger partial charge in [-0.15, -0.1) is 0 Å². The van der Waals surface area contributed by atoms with Gasteiger partial charge in [0.25, 0.3) is 0 Å². The van der Waals surface area contributed by atoms with Crippen LogP contribution in [0.4, 0.5) is 17.5 Å². The Kier molecular flexibility index (Phi) is 3.39. The summed E-state index contributed by atoms with van der Waals surface area (Å²) in [5.74, 6) is 1.12. The van der Waals surface area contributed by atoms with E-state index in [9.17, 15) is 5.11 Å². The molecular weight excluding hydrogens is 254 g/mol. The minimum absolute atomic E-state index is 0.185. The summed E-state index contributed by atoms with van der Waals surface area (Å²) in [5.41, 5.74) is 8.43. The summed E-state index contributed by atoms with van der Waals surface area (Å²) in [6.45, 7) is 1.77. The lowest BCUT2D eigenvalue weighted by Gasteiger charge is -2.14. The second kappa shape index (κ2) is 5.34. The third-order valence-electron chi connectivity index (χ3n) is 3.36. The molecule has 104 valence electrons. The van der Waals surface area contributed by atoms with E-state index < -0.39 is 0 Å². The molecule has 5 N–H and O–H groups in total. The van der Waals surface area contributed by atoms with Crippen LogP contribution in [0.1, 0.15) is 11.3 Å². The normalized spacial score (nSPS) is 14.4. The molecule has 0 radical (unpaired) electrons. The second-order valence-corrected chi connectivity index (χ2v) is 4.75. The number of rotatable bonds is 2. The first kappa shape index (κ1) is 12.7. The minimum Gasteiger partial charge on any atom is -0.506 e. The van der Waals surface area contributed by atoms with Crippen LogP contribution in [0, 0.1) is 0 Å². The fourth-order valence-electron chi connectivity index (χ4n) is 2.37. The summed E-state index contributed by atoms with van der Waals surface area (Å²) >= 11 is 0. The zero-order valence-electron chi connectivity index (χ0n) is 11.1. The van der Waals surface area contributed by atoms with Crippen molar-refractivity contribution in [3.63, 3.8) is 0 Å². The number of phenols is 1. The number of hydrogen-bond acceptors (Lipinski definition) is 6. The average molecular weight is 271 g/mol. The molecule has 6 heteroatoms. The summed E-state index contributed by atoms with van der Waals surface area (Å²) in [7, 11) is 0. The van der Waals surface area contributed by atoms with Crippen molar-refractivity contribution < 1.29 is 5.11 Å². The van der Waals surface area contributed by atoms with Crippen LogP contribution in [0.3, 0.4) is 0 Å². The highest BCUT2D eigenvalue weighted by atomic mass is 16.3. The van der Waals surface area contributed by atoms with Crippen molar-refractivity contribution in [2.75, 3.05) is 24.1 Å². The number of nitrogens with two attached hydrogens (primary N) is 1. The first-order valence-corrected chi connectivity index (χ1v) is 6.65. The van der Waals surface area contributed by atoms with Crippen LogP contribution in [-0.4, -0.2) is 28.2 Å². The molecule has 3 rings (SSSR count). The molecule has 20 heavy (non-hydrogen) atoms. The van der Waals surface area contributed by atoms with E-state index in [0.29, 0.717) is 11.5 Å². The zero-order chi connectivity index (χ0) is 13.9. The van der Waals surface area contributed by atoms with Gasteiger partial charge in [-0.3, -0.25) is 0 Å². The summed E-state index contributed by atoms with van der Waals surface area (Å²) in [4.78, 5) is 8.60. The number of nitrogen functional groups attached to an aromatic ring is 1. The average Bonchev–Trinajstić information content (AvgIpc) is 2.66. The van der Waals surface area contributed by atoms with E-state index in [-0.39, 0.29) is 11.7 Å². The quantitative estimate of drug-likeness (QED) is 0.613. The van der Waals surface area contributed by atoms with Gasteiger partial charge in [-0.25, -0.2) is 4.98 Å². The number of hydrogen-bond donors (Lipinski definition) is 4. The highest BCUT2D eigenvalue weighted by Crippen LogP contribution is 2.28. The molecule has 6 nitrogen and oxygen atoms in total. The van der Waals surface area contributed by atoms with Crippen molar-refractivity contribution in [1.82, 2.24) is 15.3 Å². The molecular formula is C14H17N5O. The van der Waals surface area contributed by atoms with Crippen LogP contribution >= 0.6 is 0 Å². The number of nitrogens with one attached hydrogen (secondary N) is 2. The van der Waals surface area contributed by atoms with Crippen molar-refractivity contribution in [2.45, 2.75) is 12.8 Å². The maximum Gasteiger partial charge on any atom is 0.222 e. The van der Waals surface area contributed by atoms with Gasteiger partial charge in [0.05, 0.1) is 11.4 Å². The number of aromatic hydroxyl groups is 1. The molecule has 0 saturated heterocycles. The number of para-hydroxylation sites is 2. The van der Waals surface area contributed by atoms with Crippen molar-refractivity contribution in [3.05, 3.63) is 35.5 Å². The molecule has 1 aromatic heterocycles. The predicted octanol–water partition coefficient (Wildman–Crippen LogP) is 1.20. The SMILES string of the molecule is Nc1nc2c(c(Nc3ccccc3O)n1)CCNCC2. The van der Waals surface area contributed by atoms with E-state index in [1.54, 1.807) is 18.2 Å². The largest absolute Gasteiger partial charge is 0.506 e. The Labute approximate surface area is 117 Å². The van der Waals surface area contributed by atoms with Crippen LogP contribution in [0.2, 0.25) is 0 Å². The molecule has 0 atom stereocenters. The zero-order valence-corrected chi connectivity index (χ0v) is 11.1. The molecule has 0 fully saturated rings. The Morgan fingerprint density at radius 3 is 2.80 bits per heavy atom. The van der Waals surface area contributed by atoms with Gasteiger partial charge < -0.3 is 21.5 Å². The lowest BCUT2D eigenvalue weighted by molar-refractivity contribution is 0.477. The summed E-state index contributed by atoms with van der Waals surface area (Å²) in [6.07, 6.45) is 1.67. The highest BCUT2D eigenvalue weighted by Gasteiger charge is 2.16. The number of benzene rings is 1. The topological polar surface area (TPSA) is 96.1 Å². The number of aromatic nitrogens is 2. The summed E-state index contributed by atoms with van der Waals surface area (Å²) in [5, 5.41) is 16.3. The van der Waals surface area contributed by atoms with Crippen molar-refractivity contribution in [2.24, 2.45) is 0 Å². The lowest BCUT2D eigenvalue weighted by atomic mass is 10.1. The van der Waals surface area contributed by atoms with Gasteiger partial charge in [0, 0.05) is 18.5 Å². The molecule has 0 bridgehead atoms. The molecule has 2 heterocycles. The van der Waals surface area contributed by atoms with Gasteiger partial charge in [-0.05, 0) is 25.1 Å². The van der Waals surface area contributed by atoms with Gasteiger partial charge in [0.15, 0.2) is 0 Å². The molecule has 0 unspecified atom stereocenters. The molecule has 0 aliphatic carbocycles. The van der Waals surface area contributed by atoms with E-state index in [2.05, 4.69) is 20.6 Å². The Morgan fingerprint density at radius 2 is 1.95 bits per heavy atom. The third kappa shape index (κ3) is 2.50. The van der Waals surface area contributed by atoms with Crippen LogP contribution in [0.25, 0.3) is 0 Å². The Bertz CT molecular complexity index is 629. The lowest BCUT2D eigenvalue weighted by Crippen LogP contribution is -2.16. The van der Waals surface area contributed by atoms with Gasteiger partial charge in [0.2, 0.25) is 5.95 Å². The van der Waals surface area contributed by atoms with Gasteiger partial charge >= 0.3 is 0 Å². The number of anilines is 3. The van der Waals surface area contributed by atoms with Gasteiger partial charge in [-0.2, -0.15) is 4.98 Å². The van der Waals surface area contributed by atoms with Gasteiger partial charge in [0.1, 0.15) is 11.6 Å². The Balaban J connectivity index is 2.01. The predicted molar refractivity (Wildman–Crippen MR) is 78.1 cm³/mol. The first-order valence-electron chi connectivity index (χ1n) is 6.65. The molecule has 0 saturated carbocycles. The van der Waals surface area contributed by atoms with Crippen molar-refractivity contribution in [3.8, 4) is 5.75 Å². The number of nitrogens with zero attached hydrogens (tertiary/aromatic N) is 2. The maximum atomic E-state index is 9.85. The molecule has 2 aromatic rings. The molecule has 0 spiro atoms. The number of phenolic OH excluding ortho intramolecular Hbond substituents is 1. The Morgan fingerprint density at radius 1 is 1.15 bits per heavy atom. The monoisotopic (exact) mass is 271 g/mol. The fourth-order valence-corrected chi connectivity index (χ4v) is 2.37. The number of fused-ring (bicyclic) bond motifs is 1. The van der Waals surface area contributed by atoms with E-state index in [1.165, 1.54) is 0 Å². The maximum absolute atomic E-state index is 9.85. The molecule has 1 aliphatic rings. The van der Waals surface area contributed by atoms with E-state index >= 15 is 0 Å². The molecule has 0 amide bonds. The smallest absolute Gasteiger partial charge is 0.222 e. The highest BCUT2D eigenvalue weighted by molar-refractivity contribution is 5.66. The van der Waals surface area contributed by atoms with E-state index in [0.717, 1.165) is 37.2 Å². The van der Waals surface area contributed by atoms with E-state index in [4.69, 9.17) is 5.73 Å². The fraction of sp³-hybridized carbons (Fsp3) is 0.286. The standard InChI is InChI=1S/C14H17N5O/c15-14-18-10-6-8-16-7-5-9(10)13(19-14)17-11-3-1-2-4-12(11)20/h1-4,16,20H,5-8H2,(H3,15,17,18,19). The molecule has 1 aromatic carbocycles. The van der Waals surface area contributed by atoms with Crippen LogP contribution < -0.4 is 16.4 Å². The summed E-state index contributed by atoms with van der Waals surface area (Å²) in [6, 6.07) is 7.06. The van der Waals surface area contributed by atoms with Crippen molar-refractivity contribution in [1.29, 1.82) is 0 Å². The summed E-state index contributed by atoms with van der Waals surface area (Å²) < 4.78 is 0. The Hall–Kier alpha value is -2.34. The van der Waals surface area contributed by atoms with Crippen LogP contribution in [0.15, 0.2) is 24.3 Å². The van der Waals surface area contributed by atoms with E-state index in [1.807, 2.05) is 6.07 Å². The van der Waals surface area contributed by atoms with Crippen molar-refractivity contribution >= 4 is 17.5 Å². The van der Waals surface area contributed by atoms with Gasteiger partial charge in [-0.1, -0.05) is 12.1 Å². The molecule has 1 aliphatic heterocycles. The van der Waals surface area contributed by atoms with Crippen LogP contribution in [0.5, 0.6) is 5.75 Å². The minimum atomic E-state index is 0.185. The third-order valence-corrected chi connectivity index (χ3v) is 3.36. The first-order chi connectivity index (χ1) is 9.74.